The van der Waals surface area contributed by atoms with Crippen LogP contribution in [0.3, 0.4) is 0 Å². The van der Waals surface area contributed by atoms with Crippen LogP contribution in [0.5, 0.6) is 0 Å². The second-order valence-electron chi connectivity index (χ2n) is 4.63. The van der Waals surface area contributed by atoms with Crippen molar-refractivity contribution in [2.75, 3.05) is 11.9 Å². The van der Waals surface area contributed by atoms with Gasteiger partial charge in [0, 0.05) is 18.8 Å². The Labute approximate surface area is 120 Å². The van der Waals surface area contributed by atoms with Gasteiger partial charge >= 0.3 is 6.18 Å². The van der Waals surface area contributed by atoms with Crippen molar-refractivity contribution < 1.29 is 18.0 Å². The molecule has 0 saturated carbocycles. The Hall–Kier alpha value is -2.37. The molecule has 1 amide bonds. The number of aromatic nitrogens is 1. The van der Waals surface area contributed by atoms with Crippen LogP contribution in [0.1, 0.15) is 21.5 Å². The van der Waals surface area contributed by atoms with Crippen molar-refractivity contribution in [2.24, 2.45) is 0 Å². The molecule has 2 rings (SSSR count). The van der Waals surface area contributed by atoms with Gasteiger partial charge in [-0.1, -0.05) is 6.07 Å². The predicted octanol–water partition coefficient (Wildman–Crippen LogP) is 3.69. The minimum atomic E-state index is -4.41. The largest absolute Gasteiger partial charge is 0.416 e. The molecule has 1 aromatic carbocycles. The van der Waals surface area contributed by atoms with E-state index in [-0.39, 0.29) is 5.56 Å². The molecule has 1 aromatic heterocycles. The van der Waals surface area contributed by atoms with Gasteiger partial charge in [0.2, 0.25) is 0 Å². The van der Waals surface area contributed by atoms with E-state index < -0.39 is 17.6 Å². The number of alkyl halides is 3. The van der Waals surface area contributed by atoms with Gasteiger partial charge in [-0.15, -0.1) is 0 Å². The molecule has 0 atom stereocenters. The molecule has 0 unspecified atom stereocenters. The summed E-state index contributed by atoms with van der Waals surface area (Å²) in [6.45, 7) is 1.87. The van der Waals surface area contributed by atoms with Gasteiger partial charge in [0.05, 0.1) is 5.56 Å². The first-order valence-electron chi connectivity index (χ1n) is 6.17. The van der Waals surface area contributed by atoms with Crippen LogP contribution in [-0.4, -0.2) is 17.9 Å². The zero-order valence-electron chi connectivity index (χ0n) is 11.5. The molecule has 110 valence electrons. The van der Waals surface area contributed by atoms with E-state index in [2.05, 4.69) is 4.98 Å². The number of hydrogen-bond donors (Lipinski definition) is 0. The second-order valence-corrected chi connectivity index (χ2v) is 4.63. The Morgan fingerprint density at radius 1 is 1.10 bits per heavy atom. The molecule has 0 bridgehead atoms. The number of amides is 1. The number of rotatable bonds is 2. The Kier molecular flexibility index (Phi) is 3.97. The average Bonchev–Trinajstić information content (AvgIpc) is 2.46. The van der Waals surface area contributed by atoms with Crippen LogP contribution in [0.2, 0.25) is 0 Å². The summed E-state index contributed by atoms with van der Waals surface area (Å²) in [5, 5.41) is 0. The maximum absolute atomic E-state index is 12.5. The van der Waals surface area contributed by atoms with Gasteiger partial charge in [0.15, 0.2) is 0 Å². The van der Waals surface area contributed by atoms with E-state index in [9.17, 15) is 18.0 Å². The van der Waals surface area contributed by atoms with Crippen LogP contribution in [0.15, 0.2) is 42.6 Å². The lowest BCUT2D eigenvalue weighted by Crippen LogP contribution is -2.27. The zero-order valence-corrected chi connectivity index (χ0v) is 11.5. The Morgan fingerprint density at radius 3 is 2.19 bits per heavy atom. The first-order valence-corrected chi connectivity index (χ1v) is 6.17. The van der Waals surface area contributed by atoms with Gasteiger partial charge in [-0.3, -0.25) is 9.69 Å². The van der Waals surface area contributed by atoms with Crippen LogP contribution < -0.4 is 4.90 Å². The van der Waals surface area contributed by atoms with Crippen molar-refractivity contribution in [2.45, 2.75) is 13.1 Å². The summed E-state index contributed by atoms with van der Waals surface area (Å²) >= 11 is 0. The normalized spacial score (nSPS) is 11.3. The summed E-state index contributed by atoms with van der Waals surface area (Å²) in [5.74, 6) is 0.0191. The molecular weight excluding hydrogens is 281 g/mol. The summed E-state index contributed by atoms with van der Waals surface area (Å²) in [4.78, 5) is 17.6. The van der Waals surface area contributed by atoms with Crippen LogP contribution in [0.25, 0.3) is 0 Å². The van der Waals surface area contributed by atoms with Gasteiger partial charge in [0.1, 0.15) is 5.82 Å². The Balaban J connectivity index is 2.21. The molecule has 0 aliphatic carbocycles. The number of nitrogens with zero attached hydrogens (tertiary/aromatic N) is 2. The third-order valence-corrected chi connectivity index (χ3v) is 3.00. The molecule has 0 fully saturated rings. The molecule has 0 aliphatic heterocycles. The third-order valence-electron chi connectivity index (χ3n) is 3.00. The molecule has 2 aromatic rings. The third kappa shape index (κ3) is 3.39. The van der Waals surface area contributed by atoms with E-state index in [1.54, 1.807) is 18.3 Å². The minimum absolute atomic E-state index is 0.174. The Morgan fingerprint density at radius 2 is 1.71 bits per heavy atom. The van der Waals surface area contributed by atoms with Gasteiger partial charge in [-0.2, -0.15) is 13.2 Å². The smallest absolute Gasteiger partial charge is 0.296 e. The molecule has 0 saturated heterocycles. The fourth-order valence-corrected chi connectivity index (χ4v) is 1.76. The zero-order chi connectivity index (χ0) is 15.6. The summed E-state index contributed by atoms with van der Waals surface area (Å²) in [6, 6.07) is 7.59. The highest BCUT2D eigenvalue weighted by Crippen LogP contribution is 2.29. The van der Waals surface area contributed by atoms with E-state index in [4.69, 9.17) is 0 Å². The Bertz CT molecular complexity index is 633. The van der Waals surface area contributed by atoms with Crippen LogP contribution in [-0.2, 0) is 6.18 Å². The van der Waals surface area contributed by atoms with Crippen LogP contribution in [0, 0.1) is 6.92 Å². The van der Waals surface area contributed by atoms with Crippen molar-refractivity contribution >= 4 is 11.7 Å². The van der Waals surface area contributed by atoms with Gasteiger partial charge < -0.3 is 0 Å². The van der Waals surface area contributed by atoms with Crippen molar-refractivity contribution in [3.63, 3.8) is 0 Å². The number of benzene rings is 1. The fourth-order valence-electron chi connectivity index (χ4n) is 1.76. The summed E-state index contributed by atoms with van der Waals surface area (Å²) in [7, 11) is 1.53. The molecule has 0 N–H and O–H groups in total. The number of aryl methyl sites for hydroxylation is 1. The molecule has 1 heterocycles. The first kappa shape index (κ1) is 15.0. The van der Waals surface area contributed by atoms with Crippen molar-refractivity contribution in [3.8, 4) is 0 Å². The lowest BCUT2D eigenvalue weighted by molar-refractivity contribution is -0.137. The summed E-state index contributed by atoms with van der Waals surface area (Å²) in [6.07, 6.45) is -2.79. The maximum Gasteiger partial charge on any atom is 0.416 e. The number of carbonyl (C=O) groups excluding carboxylic acids is 1. The van der Waals surface area contributed by atoms with Crippen LogP contribution in [0.4, 0.5) is 19.0 Å². The standard InChI is InChI=1S/C15H13F3N2O/c1-10-3-8-13(19-9-10)20(2)14(21)11-4-6-12(7-5-11)15(16,17)18/h3-9H,1-2H3. The number of carbonyl (C=O) groups is 1. The highest BCUT2D eigenvalue weighted by molar-refractivity contribution is 6.05. The predicted molar refractivity (Wildman–Crippen MR) is 73.2 cm³/mol. The van der Waals surface area contributed by atoms with Crippen molar-refractivity contribution in [3.05, 3.63) is 59.3 Å². The number of pyridine rings is 1. The highest BCUT2D eigenvalue weighted by atomic mass is 19.4. The highest BCUT2D eigenvalue weighted by Gasteiger charge is 2.30. The molecule has 6 heteroatoms. The summed E-state index contributed by atoms with van der Waals surface area (Å²) < 4.78 is 37.4. The fraction of sp³-hybridized carbons (Fsp3) is 0.200. The van der Waals surface area contributed by atoms with E-state index in [0.717, 1.165) is 29.8 Å². The molecule has 3 nitrogen and oxygen atoms in total. The minimum Gasteiger partial charge on any atom is -0.296 e. The van der Waals surface area contributed by atoms with E-state index in [1.165, 1.54) is 11.9 Å². The molecule has 0 aliphatic rings. The quantitative estimate of drug-likeness (QED) is 0.846. The molecule has 21 heavy (non-hydrogen) atoms. The average molecular weight is 294 g/mol. The number of halogens is 3. The maximum atomic E-state index is 12.5. The van der Waals surface area contributed by atoms with E-state index in [0.29, 0.717) is 5.82 Å². The number of anilines is 1. The monoisotopic (exact) mass is 294 g/mol. The van der Waals surface area contributed by atoms with Crippen molar-refractivity contribution in [1.82, 2.24) is 4.98 Å². The van der Waals surface area contributed by atoms with E-state index in [1.807, 2.05) is 6.92 Å². The second kappa shape index (κ2) is 5.55. The van der Waals surface area contributed by atoms with Gasteiger partial charge in [-0.25, -0.2) is 4.98 Å². The van der Waals surface area contributed by atoms with Crippen molar-refractivity contribution in [1.29, 1.82) is 0 Å². The lowest BCUT2D eigenvalue weighted by Gasteiger charge is -2.16. The molecule has 0 spiro atoms. The molecule has 0 radical (unpaired) electrons. The topological polar surface area (TPSA) is 33.2 Å². The van der Waals surface area contributed by atoms with E-state index >= 15 is 0 Å². The van der Waals surface area contributed by atoms with Crippen LogP contribution >= 0.6 is 0 Å². The SMILES string of the molecule is Cc1ccc(N(C)C(=O)c2ccc(C(F)(F)F)cc2)nc1. The summed E-state index contributed by atoms with van der Waals surface area (Å²) in [5.41, 5.74) is 0.345. The van der Waals surface area contributed by atoms with Gasteiger partial charge in [0.25, 0.3) is 5.91 Å². The molecular formula is C15H13F3N2O. The van der Waals surface area contributed by atoms with Gasteiger partial charge in [-0.05, 0) is 42.8 Å². The first-order chi connectivity index (χ1) is 9.79. The number of hydrogen-bond acceptors (Lipinski definition) is 2. The lowest BCUT2D eigenvalue weighted by atomic mass is 10.1.